The van der Waals surface area contributed by atoms with Gasteiger partial charge in [-0.1, -0.05) is 48.5 Å². The molecule has 0 aliphatic carbocycles. The van der Waals surface area contributed by atoms with Gasteiger partial charge in [0.1, 0.15) is 0 Å². The fourth-order valence-electron chi connectivity index (χ4n) is 1.13. The lowest BCUT2D eigenvalue weighted by molar-refractivity contribution is 0.559. The zero-order valence-corrected chi connectivity index (χ0v) is 8.07. The van der Waals surface area contributed by atoms with Crippen molar-refractivity contribution in [1.29, 1.82) is 0 Å². The number of rotatable bonds is 0. The molecule has 0 saturated heterocycles. The molecule has 2 rings (SSSR count). The molecule has 0 atom stereocenters. The number of hydrogen-bond donors (Lipinski definition) is 0. The Kier molecular flexibility index (Phi) is 3.82. The second kappa shape index (κ2) is 5.14. The van der Waals surface area contributed by atoms with Crippen LogP contribution in [-0.2, 0) is 10.6 Å². The van der Waals surface area contributed by atoms with Crippen molar-refractivity contribution >= 4 is 21.4 Å². The molecule has 0 amide bonds. The summed E-state index contributed by atoms with van der Waals surface area (Å²) in [7, 11) is -3.11. The summed E-state index contributed by atoms with van der Waals surface area (Å²) in [4.78, 5) is 0. The van der Waals surface area contributed by atoms with Gasteiger partial charge >= 0.3 is 10.6 Å². The molecule has 4 heteroatoms. The SMILES string of the molecule is O=S(=O)=O.c1ccc2ccccc2c1. The summed E-state index contributed by atoms with van der Waals surface area (Å²) < 4.78 is 25.3. The summed E-state index contributed by atoms with van der Waals surface area (Å²) in [5, 5.41) is 2.62. The standard InChI is InChI=1S/C10H8.O3S/c1-2-6-10-8-4-3-7-9(10)5-1;1-4(2)3/h1-8H;. The van der Waals surface area contributed by atoms with Crippen LogP contribution in [0.3, 0.4) is 0 Å². The molecule has 2 aromatic rings. The van der Waals surface area contributed by atoms with E-state index in [1.807, 2.05) is 0 Å². The largest absolute Gasteiger partial charge is 0.425 e. The highest BCUT2D eigenvalue weighted by molar-refractivity contribution is 7.59. The molecule has 3 nitrogen and oxygen atoms in total. The molecule has 0 bridgehead atoms. The predicted molar refractivity (Wildman–Crippen MR) is 53.6 cm³/mol. The normalized spacial score (nSPS) is 8.86. The van der Waals surface area contributed by atoms with E-state index >= 15 is 0 Å². The Morgan fingerprint density at radius 3 is 1.07 bits per heavy atom. The summed E-state index contributed by atoms with van der Waals surface area (Å²) in [6.45, 7) is 0. The van der Waals surface area contributed by atoms with Crippen molar-refractivity contribution in [3.8, 4) is 0 Å². The van der Waals surface area contributed by atoms with Crippen molar-refractivity contribution < 1.29 is 12.6 Å². The van der Waals surface area contributed by atoms with E-state index in [0.29, 0.717) is 0 Å². The summed E-state index contributed by atoms with van der Waals surface area (Å²) >= 11 is 0. The van der Waals surface area contributed by atoms with Crippen LogP contribution in [0.4, 0.5) is 0 Å². The van der Waals surface area contributed by atoms with Gasteiger partial charge in [0.15, 0.2) is 0 Å². The topological polar surface area (TPSA) is 51.2 Å². The number of benzene rings is 2. The van der Waals surface area contributed by atoms with Crippen LogP contribution in [0.15, 0.2) is 48.5 Å². The van der Waals surface area contributed by atoms with E-state index in [9.17, 15) is 0 Å². The molecule has 72 valence electrons. The van der Waals surface area contributed by atoms with Crippen molar-refractivity contribution in [2.45, 2.75) is 0 Å². The Morgan fingerprint density at radius 1 is 0.643 bits per heavy atom. The van der Waals surface area contributed by atoms with Gasteiger partial charge in [-0.25, -0.2) is 0 Å². The zero-order valence-electron chi connectivity index (χ0n) is 7.25. The summed E-state index contributed by atoms with van der Waals surface area (Å²) in [6.07, 6.45) is 0. The minimum absolute atomic E-state index is 1.31. The van der Waals surface area contributed by atoms with Gasteiger partial charge < -0.3 is 0 Å². The second-order valence-corrected chi connectivity index (χ2v) is 2.96. The van der Waals surface area contributed by atoms with Crippen molar-refractivity contribution in [2.24, 2.45) is 0 Å². The first-order valence-corrected chi connectivity index (χ1v) is 4.90. The molecular weight excluding hydrogens is 200 g/mol. The maximum atomic E-state index is 8.44. The van der Waals surface area contributed by atoms with Gasteiger partial charge in [0.25, 0.3) is 0 Å². The summed E-state index contributed by atoms with van der Waals surface area (Å²) in [5.41, 5.74) is 0. The van der Waals surface area contributed by atoms with Gasteiger partial charge in [0.05, 0.1) is 0 Å². The first-order valence-electron chi connectivity index (χ1n) is 3.90. The molecule has 0 saturated carbocycles. The highest BCUT2D eigenvalue weighted by Crippen LogP contribution is 2.11. The molecule has 0 aromatic heterocycles. The van der Waals surface area contributed by atoms with E-state index < -0.39 is 10.6 Å². The Balaban J connectivity index is 0.000000213. The molecule has 0 fully saturated rings. The highest BCUT2D eigenvalue weighted by Gasteiger charge is 1.85. The molecular formula is C10H8O3S. The Hall–Kier alpha value is -1.68. The van der Waals surface area contributed by atoms with E-state index in [1.165, 1.54) is 10.8 Å². The van der Waals surface area contributed by atoms with Crippen molar-refractivity contribution in [3.63, 3.8) is 0 Å². The third-order valence-electron chi connectivity index (χ3n) is 1.66. The average molecular weight is 208 g/mol. The maximum Gasteiger partial charge on any atom is 0.425 e. The van der Waals surface area contributed by atoms with Crippen molar-refractivity contribution in [1.82, 2.24) is 0 Å². The molecule has 2 aromatic carbocycles. The quantitative estimate of drug-likeness (QED) is 0.663. The van der Waals surface area contributed by atoms with Crippen LogP contribution in [-0.4, -0.2) is 12.6 Å². The monoisotopic (exact) mass is 208 g/mol. The average Bonchev–Trinajstić information content (AvgIpc) is 2.17. The Bertz CT molecular complexity index is 445. The highest BCUT2D eigenvalue weighted by atomic mass is 32.2. The first kappa shape index (κ1) is 10.4. The molecule has 0 unspecified atom stereocenters. The lowest BCUT2D eigenvalue weighted by Gasteiger charge is -1.92. The van der Waals surface area contributed by atoms with Crippen LogP contribution in [0, 0.1) is 0 Å². The molecule has 0 N–H and O–H groups in total. The van der Waals surface area contributed by atoms with Gasteiger partial charge in [-0.05, 0) is 10.8 Å². The molecule has 14 heavy (non-hydrogen) atoms. The molecule has 0 spiro atoms. The Morgan fingerprint density at radius 2 is 0.857 bits per heavy atom. The van der Waals surface area contributed by atoms with E-state index in [2.05, 4.69) is 48.5 Å². The molecule has 0 heterocycles. The van der Waals surface area contributed by atoms with Crippen LogP contribution in [0.2, 0.25) is 0 Å². The minimum atomic E-state index is -3.11. The fourth-order valence-corrected chi connectivity index (χ4v) is 1.13. The van der Waals surface area contributed by atoms with Gasteiger partial charge in [0.2, 0.25) is 0 Å². The summed E-state index contributed by atoms with van der Waals surface area (Å²) in [6, 6.07) is 16.7. The van der Waals surface area contributed by atoms with Gasteiger partial charge in [-0.15, -0.1) is 12.6 Å². The third-order valence-corrected chi connectivity index (χ3v) is 1.66. The minimum Gasteiger partial charge on any atom is -0.142 e. The predicted octanol–water partition coefficient (Wildman–Crippen LogP) is 1.84. The van der Waals surface area contributed by atoms with Crippen LogP contribution in [0.25, 0.3) is 10.8 Å². The third kappa shape index (κ3) is 3.37. The Labute approximate surface area is 83.1 Å². The first-order chi connectivity index (χ1) is 6.70. The zero-order chi connectivity index (χ0) is 10.4. The van der Waals surface area contributed by atoms with Gasteiger partial charge in [-0.3, -0.25) is 0 Å². The smallest absolute Gasteiger partial charge is 0.142 e. The van der Waals surface area contributed by atoms with E-state index in [0.717, 1.165) is 0 Å². The molecule has 0 radical (unpaired) electrons. The van der Waals surface area contributed by atoms with Crippen LogP contribution in [0.1, 0.15) is 0 Å². The van der Waals surface area contributed by atoms with E-state index in [-0.39, 0.29) is 0 Å². The van der Waals surface area contributed by atoms with Crippen molar-refractivity contribution in [3.05, 3.63) is 48.5 Å². The van der Waals surface area contributed by atoms with Crippen molar-refractivity contribution in [2.75, 3.05) is 0 Å². The van der Waals surface area contributed by atoms with Crippen LogP contribution >= 0.6 is 0 Å². The second-order valence-electron chi connectivity index (χ2n) is 2.55. The van der Waals surface area contributed by atoms with Gasteiger partial charge in [0, 0.05) is 0 Å². The summed E-state index contributed by atoms with van der Waals surface area (Å²) in [5.74, 6) is 0. The lowest BCUT2D eigenvalue weighted by Crippen LogP contribution is -1.67. The van der Waals surface area contributed by atoms with Crippen LogP contribution in [0.5, 0.6) is 0 Å². The van der Waals surface area contributed by atoms with E-state index in [4.69, 9.17) is 12.6 Å². The molecule has 0 aliphatic rings. The van der Waals surface area contributed by atoms with Gasteiger partial charge in [-0.2, -0.15) is 0 Å². The van der Waals surface area contributed by atoms with E-state index in [1.54, 1.807) is 0 Å². The number of fused-ring (bicyclic) bond motifs is 1. The number of hydrogen-bond acceptors (Lipinski definition) is 3. The lowest BCUT2D eigenvalue weighted by atomic mass is 10.1. The maximum absolute atomic E-state index is 8.44. The fraction of sp³-hybridized carbons (Fsp3) is 0. The van der Waals surface area contributed by atoms with Crippen LogP contribution < -0.4 is 0 Å². The molecule has 0 aliphatic heterocycles.